The first kappa shape index (κ1) is 18.1. The van der Waals surface area contributed by atoms with Gasteiger partial charge >= 0.3 is 6.09 Å². The molecule has 0 bridgehead atoms. The van der Waals surface area contributed by atoms with Crippen molar-refractivity contribution >= 4 is 6.09 Å². The normalized spacial score (nSPS) is 26.7. The van der Waals surface area contributed by atoms with E-state index in [4.69, 9.17) is 9.47 Å². The number of piperazine rings is 1. The molecule has 1 saturated heterocycles. The smallest absolute Gasteiger partial charge is 0.410 e. The molecule has 1 saturated carbocycles. The maximum absolute atomic E-state index is 12.8. The van der Waals surface area contributed by atoms with E-state index in [2.05, 4.69) is 17.4 Å². The number of nitrogens with zero attached hydrogens (tertiary/aromatic N) is 1. The number of ether oxygens (including phenoxy) is 2. The van der Waals surface area contributed by atoms with Crippen molar-refractivity contribution in [3.63, 3.8) is 0 Å². The van der Waals surface area contributed by atoms with Gasteiger partial charge in [-0.25, -0.2) is 4.79 Å². The van der Waals surface area contributed by atoms with Crippen LogP contribution in [0.25, 0.3) is 0 Å². The molecule has 1 aliphatic heterocycles. The van der Waals surface area contributed by atoms with Crippen molar-refractivity contribution < 1.29 is 14.3 Å². The number of carbonyl (C=O) groups excluding carboxylic acids is 1. The Morgan fingerprint density at radius 2 is 1.84 bits per heavy atom. The van der Waals surface area contributed by atoms with E-state index in [0.717, 1.165) is 18.6 Å². The molecule has 2 fully saturated rings. The van der Waals surface area contributed by atoms with Crippen LogP contribution in [0.2, 0.25) is 0 Å². The highest BCUT2D eigenvalue weighted by atomic mass is 16.6. The highest BCUT2D eigenvalue weighted by molar-refractivity contribution is 5.69. The summed E-state index contributed by atoms with van der Waals surface area (Å²) in [6, 6.07) is 8.79. The molecule has 3 atom stereocenters. The minimum absolute atomic E-state index is 0.123. The number of hydrogen-bond acceptors (Lipinski definition) is 4. The molecular formula is C20H30N2O3. The van der Waals surface area contributed by atoms with Crippen molar-refractivity contribution in [1.29, 1.82) is 0 Å². The number of fused-ring (bicyclic) bond motifs is 1. The topological polar surface area (TPSA) is 50.8 Å². The molecule has 2 aliphatic rings. The number of nitrogens with one attached hydrogen (secondary N) is 1. The van der Waals surface area contributed by atoms with Gasteiger partial charge < -0.3 is 19.7 Å². The van der Waals surface area contributed by atoms with Crippen molar-refractivity contribution in [2.24, 2.45) is 0 Å². The molecule has 1 heterocycles. The summed E-state index contributed by atoms with van der Waals surface area (Å²) in [5.41, 5.74) is 0.709. The molecule has 0 radical (unpaired) electrons. The minimum Gasteiger partial charge on any atom is -0.497 e. The maximum Gasteiger partial charge on any atom is 0.410 e. The average Bonchev–Trinajstić information content (AvgIpc) is 2.59. The first-order valence-electron chi connectivity index (χ1n) is 9.27. The molecule has 1 aromatic rings. The van der Waals surface area contributed by atoms with Gasteiger partial charge in [0.25, 0.3) is 0 Å². The van der Waals surface area contributed by atoms with Gasteiger partial charge in [0, 0.05) is 12.6 Å². The highest BCUT2D eigenvalue weighted by Crippen LogP contribution is 2.33. The summed E-state index contributed by atoms with van der Waals surface area (Å²) in [7, 11) is 1.67. The quantitative estimate of drug-likeness (QED) is 0.883. The Balaban J connectivity index is 1.80. The fourth-order valence-corrected chi connectivity index (χ4v) is 3.89. The number of rotatable bonds is 2. The third-order valence-electron chi connectivity index (χ3n) is 5.07. The lowest BCUT2D eigenvalue weighted by atomic mass is 9.85. The number of methoxy groups -OCH3 is 1. The van der Waals surface area contributed by atoms with Gasteiger partial charge in [0.2, 0.25) is 0 Å². The Morgan fingerprint density at radius 1 is 1.16 bits per heavy atom. The summed E-state index contributed by atoms with van der Waals surface area (Å²) in [6.45, 7) is 6.41. The molecule has 5 nitrogen and oxygen atoms in total. The van der Waals surface area contributed by atoms with Crippen LogP contribution in [0.5, 0.6) is 5.75 Å². The molecule has 1 aliphatic carbocycles. The predicted molar refractivity (Wildman–Crippen MR) is 97.9 cm³/mol. The second-order valence-electron chi connectivity index (χ2n) is 8.08. The summed E-state index contributed by atoms with van der Waals surface area (Å²) in [4.78, 5) is 14.8. The van der Waals surface area contributed by atoms with E-state index >= 15 is 0 Å². The summed E-state index contributed by atoms with van der Waals surface area (Å²) in [6.07, 6.45) is 4.36. The standard InChI is InChI=1S/C20H30N2O3/c1-20(2,3)25-19(23)22-13-17(14-9-11-15(24-4)12-10-14)21-16-7-5-6-8-18(16)22/h9-12,16-18,21H,5-8,13H2,1-4H3. The van der Waals surface area contributed by atoms with Gasteiger partial charge in [-0.05, 0) is 51.3 Å². The van der Waals surface area contributed by atoms with Crippen LogP contribution in [0.4, 0.5) is 4.79 Å². The SMILES string of the molecule is COc1ccc(C2CN(C(=O)OC(C)(C)C)C3CCCCC3N2)cc1. The molecule has 3 rings (SSSR count). The zero-order valence-corrected chi connectivity index (χ0v) is 15.7. The zero-order valence-electron chi connectivity index (χ0n) is 15.7. The molecule has 25 heavy (non-hydrogen) atoms. The van der Waals surface area contributed by atoms with Crippen LogP contribution in [-0.2, 0) is 4.74 Å². The van der Waals surface area contributed by atoms with Gasteiger partial charge in [0.05, 0.1) is 19.2 Å². The molecule has 3 unspecified atom stereocenters. The van der Waals surface area contributed by atoms with Gasteiger partial charge in [-0.3, -0.25) is 0 Å². The van der Waals surface area contributed by atoms with Crippen LogP contribution in [-0.4, -0.2) is 42.3 Å². The van der Waals surface area contributed by atoms with E-state index in [0.29, 0.717) is 12.6 Å². The van der Waals surface area contributed by atoms with E-state index in [1.165, 1.54) is 18.4 Å². The lowest BCUT2D eigenvalue weighted by molar-refractivity contribution is -0.00711. The molecule has 1 N–H and O–H groups in total. The second-order valence-corrected chi connectivity index (χ2v) is 8.08. The third-order valence-corrected chi connectivity index (χ3v) is 5.07. The molecular weight excluding hydrogens is 316 g/mol. The van der Waals surface area contributed by atoms with Crippen LogP contribution in [0.1, 0.15) is 58.1 Å². The Bertz CT molecular complexity index is 594. The van der Waals surface area contributed by atoms with Crippen LogP contribution in [0, 0.1) is 0 Å². The van der Waals surface area contributed by atoms with E-state index in [1.807, 2.05) is 37.8 Å². The fourth-order valence-electron chi connectivity index (χ4n) is 3.89. The first-order valence-corrected chi connectivity index (χ1v) is 9.27. The van der Waals surface area contributed by atoms with Crippen LogP contribution < -0.4 is 10.1 Å². The second kappa shape index (κ2) is 7.24. The van der Waals surface area contributed by atoms with E-state index in [-0.39, 0.29) is 18.2 Å². The van der Waals surface area contributed by atoms with Gasteiger partial charge in [-0.2, -0.15) is 0 Å². The van der Waals surface area contributed by atoms with Crippen molar-refractivity contribution in [3.05, 3.63) is 29.8 Å². The molecule has 0 aromatic heterocycles. The monoisotopic (exact) mass is 346 g/mol. The number of carbonyl (C=O) groups is 1. The Labute approximate surface area is 150 Å². The Morgan fingerprint density at radius 3 is 2.48 bits per heavy atom. The summed E-state index contributed by atoms with van der Waals surface area (Å²) < 4.78 is 10.9. The first-order chi connectivity index (χ1) is 11.9. The molecule has 1 amide bonds. The van der Waals surface area contributed by atoms with Gasteiger partial charge in [0.15, 0.2) is 0 Å². The van der Waals surface area contributed by atoms with Gasteiger partial charge in [-0.15, -0.1) is 0 Å². The lowest BCUT2D eigenvalue weighted by Crippen LogP contribution is -2.62. The van der Waals surface area contributed by atoms with E-state index in [1.54, 1.807) is 7.11 Å². The summed E-state index contributed by atoms with van der Waals surface area (Å²) >= 11 is 0. The lowest BCUT2D eigenvalue weighted by Gasteiger charge is -2.47. The molecule has 0 spiro atoms. The Kier molecular flexibility index (Phi) is 5.23. The maximum atomic E-state index is 12.8. The van der Waals surface area contributed by atoms with Crippen LogP contribution in [0.3, 0.4) is 0 Å². The van der Waals surface area contributed by atoms with Crippen molar-refractivity contribution in [2.75, 3.05) is 13.7 Å². The molecule has 5 heteroatoms. The van der Waals surface area contributed by atoms with Crippen LogP contribution in [0.15, 0.2) is 24.3 Å². The molecule has 1 aromatic carbocycles. The molecule has 138 valence electrons. The number of benzene rings is 1. The zero-order chi connectivity index (χ0) is 18.0. The highest BCUT2D eigenvalue weighted by Gasteiger charge is 2.41. The predicted octanol–water partition coefficient (Wildman–Crippen LogP) is 3.89. The number of hydrogen-bond donors (Lipinski definition) is 1. The van der Waals surface area contributed by atoms with Crippen molar-refractivity contribution in [1.82, 2.24) is 10.2 Å². The van der Waals surface area contributed by atoms with E-state index < -0.39 is 5.60 Å². The minimum atomic E-state index is -0.471. The summed E-state index contributed by atoms with van der Waals surface area (Å²) in [5.74, 6) is 0.846. The van der Waals surface area contributed by atoms with Crippen molar-refractivity contribution in [2.45, 2.75) is 70.2 Å². The van der Waals surface area contributed by atoms with Gasteiger partial charge in [0.1, 0.15) is 11.4 Å². The van der Waals surface area contributed by atoms with Crippen molar-refractivity contribution in [3.8, 4) is 5.75 Å². The fraction of sp³-hybridized carbons (Fsp3) is 0.650. The largest absolute Gasteiger partial charge is 0.497 e. The van der Waals surface area contributed by atoms with Gasteiger partial charge in [-0.1, -0.05) is 25.0 Å². The van der Waals surface area contributed by atoms with E-state index in [9.17, 15) is 4.79 Å². The third kappa shape index (κ3) is 4.27. The number of amides is 1. The Hall–Kier alpha value is -1.75. The van der Waals surface area contributed by atoms with Crippen LogP contribution >= 0.6 is 0 Å². The average molecular weight is 346 g/mol. The summed E-state index contributed by atoms with van der Waals surface area (Å²) in [5, 5.41) is 3.77.